The van der Waals surface area contributed by atoms with Crippen LogP contribution in [0.4, 0.5) is 0 Å². The Kier molecular flexibility index (Phi) is 6.94. The molecular weight excluding hydrogens is 394 g/mol. The molecule has 2 aromatic carbocycles. The van der Waals surface area contributed by atoms with Crippen molar-refractivity contribution in [2.45, 2.75) is 43.9 Å². The van der Waals surface area contributed by atoms with Crippen LogP contribution < -0.4 is 10.6 Å². The second-order valence-corrected chi connectivity index (χ2v) is 7.83. The molecule has 2 N–H and O–H groups in total. The quantitative estimate of drug-likeness (QED) is 0.684. The summed E-state index contributed by atoms with van der Waals surface area (Å²) in [5.41, 5.74) is 2.62. The van der Waals surface area contributed by atoms with Gasteiger partial charge in [0.2, 0.25) is 12.0 Å². The van der Waals surface area contributed by atoms with Crippen molar-refractivity contribution < 1.29 is 19.2 Å². The third-order valence-corrected chi connectivity index (χ3v) is 5.51. The number of amides is 2. The number of carbonyl (C=O) groups is 2. The van der Waals surface area contributed by atoms with Gasteiger partial charge in [0.1, 0.15) is 6.04 Å². The molecule has 0 aromatic heterocycles. The lowest BCUT2D eigenvalue weighted by molar-refractivity contribution is -0.135. The molecule has 7 nitrogen and oxygen atoms in total. The highest BCUT2D eigenvalue weighted by molar-refractivity contribution is 6.04. The minimum atomic E-state index is -0.751. The largest absolute Gasteiger partial charge is 0.382 e. The maximum Gasteiger partial charge on any atom is 0.265 e. The summed E-state index contributed by atoms with van der Waals surface area (Å²) in [5, 5.41) is 9.86. The number of hydrogen-bond acceptors (Lipinski definition) is 5. The summed E-state index contributed by atoms with van der Waals surface area (Å²) in [6.07, 6.45) is 1.99. The van der Waals surface area contributed by atoms with Gasteiger partial charge >= 0.3 is 0 Å². The molecule has 0 saturated carbocycles. The molecule has 2 aliphatic heterocycles. The predicted octanol–water partition coefficient (Wildman–Crippen LogP) is 2.20. The van der Waals surface area contributed by atoms with E-state index in [-0.39, 0.29) is 17.9 Å². The first-order chi connectivity index (χ1) is 15.2. The molecule has 2 amide bonds. The number of hydrogen-bond donors (Lipinski definition) is 2. The van der Waals surface area contributed by atoms with Crippen LogP contribution in [0.5, 0.6) is 0 Å². The zero-order valence-corrected chi connectivity index (χ0v) is 17.3. The Morgan fingerprint density at radius 3 is 2.52 bits per heavy atom. The van der Waals surface area contributed by atoms with Gasteiger partial charge in [-0.2, -0.15) is 0 Å². The summed E-state index contributed by atoms with van der Waals surface area (Å²) in [6.45, 7) is 1.18. The van der Waals surface area contributed by atoms with E-state index in [2.05, 4.69) is 15.8 Å². The maximum absolute atomic E-state index is 12.9. The Hall–Kier alpha value is -3.19. The van der Waals surface area contributed by atoms with Gasteiger partial charge in [-0.15, -0.1) is 0 Å². The minimum Gasteiger partial charge on any atom is -0.382 e. The van der Waals surface area contributed by atoms with Crippen LogP contribution in [-0.2, 0) is 25.6 Å². The van der Waals surface area contributed by atoms with Crippen molar-refractivity contribution >= 4 is 17.5 Å². The molecule has 0 spiro atoms. The van der Waals surface area contributed by atoms with Gasteiger partial charge in [0, 0.05) is 26.0 Å². The molecule has 0 unspecified atom stereocenters. The number of nitrogens with zero attached hydrogens (tertiary/aromatic N) is 1. The Bertz CT molecular complexity index is 911. The highest BCUT2D eigenvalue weighted by Gasteiger charge is 2.32. The van der Waals surface area contributed by atoms with E-state index in [1.807, 2.05) is 60.7 Å². The van der Waals surface area contributed by atoms with Crippen molar-refractivity contribution in [3.8, 4) is 0 Å². The fourth-order valence-electron chi connectivity index (χ4n) is 3.79. The molecule has 0 radical (unpaired) electrons. The second-order valence-electron chi connectivity index (χ2n) is 7.83. The van der Waals surface area contributed by atoms with E-state index in [0.717, 1.165) is 36.3 Å². The normalized spacial score (nSPS) is 21.1. The SMILES string of the molecule is O=C(N[C@H](Cc1ccccc1)C(=O)NC[C@H]1CCCO1)[C@@H]1CC(c2ccccc2)=NO1. The van der Waals surface area contributed by atoms with Crippen molar-refractivity contribution in [2.75, 3.05) is 13.2 Å². The molecule has 0 aliphatic carbocycles. The Balaban J connectivity index is 1.37. The first-order valence-corrected chi connectivity index (χ1v) is 10.7. The molecule has 1 saturated heterocycles. The van der Waals surface area contributed by atoms with E-state index < -0.39 is 12.1 Å². The van der Waals surface area contributed by atoms with Crippen LogP contribution in [0.15, 0.2) is 65.8 Å². The lowest BCUT2D eigenvalue weighted by Gasteiger charge is -2.21. The third kappa shape index (κ3) is 5.70. The molecule has 0 bridgehead atoms. The summed E-state index contributed by atoms with van der Waals surface area (Å²) in [5.74, 6) is -0.572. The Morgan fingerprint density at radius 2 is 1.81 bits per heavy atom. The minimum absolute atomic E-state index is 0.0389. The second kappa shape index (κ2) is 10.2. The smallest absolute Gasteiger partial charge is 0.265 e. The van der Waals surface area contributed by atoms with Crippen LogP contribution in [0.2, 0.25) is 0 Å². The number of carbonyl (C=O) groups excluding carboxylic acids is 2. The summed E-state index contributed by atoms with van der Waals surface area (Å²) >= 11 is 0. The van der Waals surface area contributed by atoms with E-state index in [1.54, 1.807) is 0 Å². The average molecular weight is 421 g/mol. The van der Waals surface area contributed by atoms with E-state index in [9.17, 15) is 9.59 Å². The summed E-state index contributed by atoms with van der Waals surface area (Å²) in [6, 6.07) is 18.5. The number of oxime groups is 1. The van der Waals surface area contributed by atoms with Gasteiger partial charge in [0.05, 0.1) is 11.8 Å². The molecule has 3 atom stereocenters. The van der Waals surface area contributed by atoms with Crippen LogP contribution in [0.1, 0.15) is 30.4 Å². The van der Waals surface area contributed by atoms with E-state index in [1.165, 1.54) is 0 Å². The molecule has 2 aliphatic rings. The van der Waals surface area contributed by atoms with Crippen LogP contribution in [0.3, 0.4) is 0 Å². The zero-order chi connectivity index (χ0) is 21.5. The van der Waals surface area contributed by atoms with Crippen LogP contribution in [0.25, 0.3) is 0 Å². The van der Waals surface area contributed by atoms with Gasteiger partial charge in [-0.05, 0) is 24.0 Å². The fraction of sp³-hybridized carbons (Fsp3) is 0.375. The average Bonchev–Trinajstić information content (AvgIpc) is 3.51. The topological polar surface area (TPSA) is 89.0 Å². The van der Waals surface area contributed by atoms with Gasteiger partial charge in [-0.3, -0.25) is 9.59 Å². The first-order valence-electron chi connectivity index (χ1n) is 10.7. The van der Waals surface area contributed by atoms with E-state index >= 15 is 0 Å². The van der Waals surface area contributed by atoms with Gasteiger partial charge < -0.3 is 20.2 Å². The van der Waals surface area contributed by atoms with Crippen LogP contribution >= 0.6 is 0 Å². The van der Waals surface area contributed by atoms with Crippen molar-refractivity contribution in [3.63, 3.8) is 0 Å². The van der Waals surface area contributed by atoms with Gasteiger partial charge in [0.25, 0.3) is 5.91 Å². The first kappa shape index (κ1) is 21.1. The van der Waals surface area contributed by atoms with Crippen molar-refractivity contribution in [2.24, 2.45) is 5.16 Å². The van der Waals surface area contributed by atoms with Gasteiger partial charge in [-0.25, -0.2) is 0 Å². The number of rotatable bonds is 8. The lowest BCUT2D eigenvalue weighted by Crippen LogP contribution is -2.51. The molecule has 2 heterocycles. The van der Waals surface area contributed by atoms with Crippen molar-refractivity contribution in [1.29, 1.82) is 0 Å². The zero-order valence-electron chi connectivity index (χ0n) is 17.3. The summed E-state index contributed by atoms with van der Waals surface area (Å²) in [7, 11) is 0. The lowest BCUT2D eigenvalue weighted by atomic mass is 10.0. The highest BCUT2D eigenvalue weighted by Crippen LogP contribution is 2.17. The predicted molar refractivity (Wildman–Crippen MR) is 117 cm³/mol. The monoisotopic (exact) mass is 421 g/mol. The molecular formula is C24H27N3O4. The summed E-state index contributed by atoms with van der Waals surface area (Å²) < 4.78 is 5.58. The van der Waals surface area contributed by atoms with Crippen LogP contribution in [-0.4, -0.2) is 48.9 Å². The van der Waals surface area contributed by atoms with E-state index in [0.29, 0.717) is 19.4 Å². The molecule has 1 fully saturated rings. The molecule has 162 valence electrons. The number of nitrogens with one attached hydrogen (secondary N) is 2. The molecule has 2 aromatic rings. The Morgan fingerprint density at radius 1 is 1.06 bits per heavy atom. The molecule has 31 heavy (non-hydrogen) atoms. The fourth-order valence-corrected chi connectivity index (χ4v) is 3.79. The van der Waals surface area contributed by atoms with Crippen molar-refractivity contribution in [1.82, 2.24) is 10.6 Å². The standard InChI is InChI=1S/C24H27N3O4/c28-23(25-16-19-12-7-13-30-19)21(14-17-8-3-1-4-9-17)26-24(29)22-15-20(27-31-22)18-10-5-2-6-11-18/h1-6,8-11,19,21-22H,7,12-16H2,(H,25,28)(H,26,29)/t19-,21-,22+/m1/s1. The Labute approximate surface area is 181 Å². The number of benzene rings is 2. The highest BCUT2D eigenvalue weighted by atomic mass is 16.6. The molecule has 7 heteroatoms. The third-order valence-electron chi connectivity index (χ3n) is 5.51. The van der Waals surface area contributed by atoms with Gasteiger partial charge in [-0.1, -0.05) is 65.8 Å². The number of ether oxygens (including phenoxy) is 1. The maximum atomic E-state index is 12.9. The van der Waals surface area contributed by atoms with Crippen molar-refractivity contribution in [3.05, 3.63) is 71.8 Å². The molecule has 4 rings (SSSR count). The summed E-state index contributed by atoms with van der Waals surface area (Å²) in [4.78, 5) is 31.1. The van der Waals surface area contributed by atoms with Gasteiger partial charge in [0.15, 0.2) is 0 Å². The van der Waals surface area contributed by atoms with E-state index in [4.69, 9.17) is 9.57 Å². The van der Waals surface area contributed by atoms with Crippen LogP contribution in [0, 0.1) is 0 Å².